The zero-order valence-electron chi connectivity index (χ0n) is 14.5. The monoisotopic (exact) mass is 455 g/mol. The van der Waals surface area contributed by atoms with E-state index in [4.69, 9.17) is 33.0 Å². The van der Waals surface area contributed by atoms with Gasteiger partial charge in [-0.1, -0.05) is 41.4 Å². The normalized spacial score (nSPS) is 15.3. The van der Waals surface area contributed by atoms with E-state index in [2.05, 4.69) is 0 Å². The van der Waals surface area contributed by atoms with Crippen LogP contribution in [0.25, 0.3) is 6.08 Å². The van der Waals surface area contributed by atoms with Crippen LogP contribution in [0.2, 0.25) is 10.0 Å². The molecule has 0 aromatic heterocycles. The molecule has 1 aliphatic heterocycles. The number of amides is 2. The smallest absolute Gasteiger partial charge is 0.323 e. The van der Waals surface area contributed by atoms with Gasteiger partial charge in [0.25, 0.3) is 11.1 Å². The molecule has 6 nitrogen and oxygen atoms in total. The van der Waals surface area contributed by atoms with Crippen LogP contribution in [0.15, 0.2) is 41.3 Å². The molecule has 10 heteroatoms. The third-order valence-electron chi connectivity index (χ3n) is 3.82. The zero-order valence-corrected chi connectivity index (χ0v) is 16.9. The molecular formula is C19H12Cl2FNO5S. The Bertz CT molecular complexity index is 1020. The number of carbonyl (C=O) groups excluding carboxylic acids is 2. The fourth-order valence-corrected chi connectivity index (χ4v) is 3.94. The summed E-state index contributed by atoms with van der Waals surface area (Å²) < 4.78 is 19.2. The van der Waals surface area contributed by atoms with Gasteiger partial charge in [-0.3, -0.25) is 19.3 Å². The third-order valence-corrected chi connectivity index (χ3v) is 5.28. The largest absolute Gasteiger partial charge is 0.486 e. The summed E-state index contributed by atoms with van der Waals surface area (Å²) in [5.41, 5.74) is 0.745. The minimum Gasteiger partial charge on any atom is -0.486 e. The van der Waals surface area contributed by atoms with Crippen molar-refractivity contribution in [1.29, 1.82) is 0 Å². The Kier molecular flexibility index (Phi) is 6.46. The quantitative estimate of drug-likeness (QED) is 0.627. The molecule has 2 aromatic carbocycles. The first-order valence-corrected chi connectivity index (χ1v) is 9.66. The summed E-state index contributed by atoms with van der Waals surface area (Å²) in [5.74, 6) is -2.29. The Morgan fingerprint density at radius 1 is 1.21 bits per heavy atom. The number of halogens is 3. The van der Waals surface area contributed by atoms with E-state index in [9.17, 15) is 18.8 Å². The fraction of sp³-hybridized carbons (Fsp3) is 0.105. The van der Waals surface area contributed by atoms with Crippen LogP contribution in [0.1, 0.15) is 11.1 Å². The van der Waals surface area contributed by atoms with E-state index in [-0.39, 0.29) is 27.3 Å². The average molecular weight is 456 g/mol. The van der Waals surface area contributed by atoms with Crippen molar-refractivity contribution in [1.82, 2.24) is 4.90 Å². The van der Waals surface area contributed by atoms with Crippen molar-refractivity contribution in [2.24, 2.45) is 0 Å². The van der Waals surface area contributed by atoms with E-state index >= 15 is 0 Å². The van der Waals surface area contributed by atoms with Crippen LogP contribution in [0.3, 0.4) is 0 Å². The summed E-state index contributed by atoms with van der Waals surface area (Å²) >= 11 is 13.0. The number of hydrogen-bond acceptors (Lipinski definition) is 5. The second-order valence-electron chi connectivity index (χ2n) is 5.86. The first-order valence-electron chi connectivity index (χ1n) is 8.08. The number of hydrogen-bond donors (Lipinski definition) is 1. The van der Waals surface area contributed by atoms with E-state index in [0.29, 0.717) is 27.8 Å². The van der Waals surface area contributed by atoms with Gasteiger partial charge >= 0.3 is 5.97 Å². The van der Waals surface area contributed by atoms with Gasteiger partial charge in [0.05, 0.1) is 15.0 Å². The molecule has 2 amide bonds. The van der Waals surface area contributed by atoms with Crippen molar-refractivity contribution in [2.75, 3.05) is 6.54 Å². The van der Waals surface area contributed by atoms with Crippen molar-refractivity contribution in [2.45, 2.75) is 6.61 Å². The van der Waals surface area contributed by atoms with E-state index in [0.717, 1.165) is 0 Å². The molecule has 0 saturated carbocycles. The molecule has 150 valence electrons. The van der Waals surface area contributed by atoms with Gasteiger partial charge in [-0.25, -0.2) is 4.39 Å². The predicted molar refractivity (Wildman–Crippen MR) is 108 cm³/mol. The van der Waals surface area contributed by atoms with Gasteiger partial charge in [0.2, 0.25) is 0 Å². The molecule has 3 rings (SSSR count). The van der Waals surface area contributed by atoms with Gasteiger partial charge in [-0.15, -0.1) is 0 Å². The molecular weight excluding hydrogens is 444 g/mol. The highest BCUT2D eigenvalue weighted by Gasteiger charge is 2.36. The Hall–Kier alpha value is -2.55. The molecule has 1 saturated heterocycles. The first kappa shape index (κ1) is 21.2. The number of thioether (sulfide) groups is 1. The van der Waals surface area contributed by atoms with Crippen LogP contribution in [-0.4, -0.2) is 33.7 Å². The summed E-state index contributed by atoms with van der Waals surface area (Å²) in [6, 6.07) is 9.04. The molecule has 1 N–H and O–H groups in total. The Morgan fingerprint density at radius 3 is 2.48 bits per heavy atom. The van der Waals surface area contributed by atoms with Crippen LogP contribution in [-0.2, 0) is 16.2 Å². The van der Waals surface area contributed by atoms with Crippen LogP contribution in [0, 0.1) is 5.82 Å². The van der Waals surface area contributed by atoms with Crippen LogP contribution in [0.4, 0.5) is 9.18 Å². The van der Waals surface area contributed by atoms with Gasteiger partial charge in [0.1, 0.15) is 19.0 Å². The van der Waals surface area contributed by atoms with Gasteiger partial charge in [0, 0.05) is 5.56 Å². The third kappa shape index (κ3) is 4.90. The predicted octanol–water partition coefficient (Wildman–Crippen LogP) is 4.83. The molecule has 0 aliphatic carbocycles. The van der Waals surface area contributed by atoms with E-state index in [1.807, 2.05) is 0 Å². The number of carbonyl (C=O) groups is 3. The molecule has 0 bridgehead atoms. The number of nitrogens with zero attached hydrogens (tertiary/aromatic N) is 1. The molecule has 0 atom stereocenters. The highest BCUT2D eigenvalue weighted by atomic mass is 35.5. The SMILES string of the molecule is O=C(O)CN1C(=O)S/C(=C/c2cc(Cl)c(OCc3ccccc3F)c(Cl)c2)C1=O. The molecule has 1 aliphatic rings. The molecule has 29 heavy (non-hydrogen) atoms. The first-order chi connectivity index (χ1) is 13.8. The number of aliphatic carboxylic acids is 1. The standard InChI is InChI=1S/C19H12Cl2FNO5S/c20-12-5-10(7-15-18(26)23(8-16(24)25)19(27)29-15)6-13(21)17(12)28-9-11-3-1-2-4-14(11)22/h1-7H,8-9H2,(H,24,25)/b15-7+. The molecule has 1 heterocycles. The minimum atomic E-state index is -1.30. The van der Waals surface area contributed by atoms with Crippen molar-refractivity contribution in [3.8, 4) is 5.75 Å². The summed E-state index contributed by atoms with van der Waals surface area (Å²) in [4.78, 5) is 35.5. The van der Waals surface area contributed by atoms with Gasteiger partial charge in [-0.05, 0) is 41.6 Å². The Balaban J connectivity index is 1.80. The van der Waals surface area contributed by atoms with Crippen molar-refractivity contribution < 1.29 is 28.6 Å². The number of carboxylic acids is 1. The Morgan fingerprint density at radius 2 is 1.86 bits per heavy atom. The number of ether oxygens (including phenoxy) is 1. The maximum absolute atomic E-state index is 13.7. The lowest BCUT2D eigenvalue weighted by Gasteiger charge is -2.11. The molecule has 0 radical (unpaired) electrons. The van der Waals surface area contributed by atoms with E-state index in [1.165, 1.54) is 24.3 Å². The molecule has 0 spiro atoms. The van der Waals surface area contributed by atoms with Crippen molar-refractivity contribution in [3.05, 3.63) is 68.3 Å². The van der Waals surface area contributed by atoms with Crippen LogP contribution in [0.5, 0.6) is 5.75 Å². The average Bonchev–Trinajstić information content (AvgIpc) is 2.89. The number of imide groups is 1. The van der Waals surface area contributed by atoms with Gasteiger partial charge in [-0.2, -0.15) is 0 Å². The maximum Gasteiger partial charge on any atom is 0.323 e. The second kappa shape index (κ2) is 8.86. The minimum absolute atomic E-state index is 0.0448. The number of rotatable bonds is 6. The lowest BCUT2D eigenvalue weighted by molar-refractivity contribution is -0.140. The number of benzene rings is 2. The molecule has 0 unspecified atom stereocenters. The summed E-state index contributed by atoms with van der Waals surface area (Å²) in [5, 5.41) is 8.38. The zero-order chi connectivity index (χ0) is 21.1. The lowest BCUT2D eigenvalue weighted by atomic mass is 10.2. The molecule has 2 aromatic rings. The highest BCUT2D eigenvalue weighted by Crippen LogP contribution is 2.37. The van der Waals surface area contributed by atoms with Crippen molar-refractivity contribution >= 4 is 58.2 Å². The topological polar surface area (TPSA) is 83.9 Å². The highest BCUT2D eigenvalue weighted by molar-refractivity contribution is 8.18. The molecule has 1 fully saturated rings. The van der Waals surface area contributed by atoms with E-state index in [1.54, 1.807) is 18.2 Å². The van der Waals surface area contributed by atoms with E-state index < -0.39 is 29.5 Å². The summed E-state index contributed by atoms with van der Waals surface area (Å²) in [7, 11) is 0. The van der Waals surface area contributed by atoms with Gasteiger partial charge in [0.15, 0.2) is 5.75 Å². The van der Waals surface area contributed by atoms with Crippen molar-refractivity contribution in [3.63, 3.8) is 0 Å². The maximum atomic E-state index is 13.7. The Labute approximate surface area is 178 Å². The second-order valence-corrected chi connectivity index (χ2v) is 7.66. The number of carboxylic acid groups (broad SMARTS) is 1. The summed E-state index contributed by atoms with van der Waals surface area (Å²) in [6.07, 6.45) is 1.38. The summed E-state index contributed by atoms with van der Waals surface area (Å²) in [6.45, 7) is -0.800. The fourth-order valence-electron chi connectivity index (χ4n) is 2.49. The van der Waals surface area contributed by atoms with Crippen LogP contribution < -0.4 is 4.74 Å². The lowest BCUT2D eigenvalue weighted by Crippen LogP contribution is -2.33. The van der Waals surface area contributed by atoms with Gasteiger partial charge < -0.3 is 9.84 Å². The van der Waals surface area contributed by atoms with Crippen LogP contribution >= 0.6 is 35.0 Å².